The molecule has 4 fully saturated rings. The predicted molar refractivity (Wildman–Crippen MR) is 259 cm³/mol. The first-order valence-electron chi connectivity index (χ1n) is 23.4. The minimum Gasteiger partial charge on any atom is -0.370 e. The van der Waals surface area contributed by atoms with Crippen LogP contribution in [0.4, 0.5) is 0 Å². The second kappa shape index (κ2) is 20.7. The zero-order valence-electron chi connectivity index (χ0n) is 42.9. The average molecular weight is 963 g/mol. The van der Waals surface area contributed by atoms with Crippen LogP contribution in [0.25, 0.3) is 0 Å². The van der Waals surface area contributed by atoms with Crippen LogP contribution in [0.1, 0.15) is 119 Å². The van der Waals surface area contributed by atoms with Crippen molar-refractivity contribution in [2.45, 2.75) is 195 Å². The molecule has 0 bridgehead atoms. The second-order valence-electron chi connectivity index (χ2n) is 20.5. The van der Waals surface area contributed by atoms with Crippen molar-refractivity contribution >= 4 is 42.3 Å². The Morgan fingerprint density at radius 3 is 1.58 bits per heavy atom. The van der Waals surface area contributed by atoms with Crippen molar-refractivity contribution in [2.75, 3.05) is 59.6 Å². The molecule has 4 heterocycles. The SMILES string of the molecule is [3H]CC1(C)OC(C)C(C)C1OP(C)(=NCC)OCC1(C)OC(C)C(C)C1OP(C)(=NCC)OCC1(C)OC(C)C(C)C1OP(=C)(C)OCC1OC(C)CC1OP(=C)(C)OC(C)(C)C. The van der Waals surface area contributed by atoms with Gasteiger partial charge in [-0.3, -0.25) is 9.49 Å². The van der Waals surface area contributed by atoms with Gasteiger partial charge in [-0.1, -0.05) is 33.4 Å². The number of rotatable bonds is 20. The van der Waals surface area contributed by atoms with E-state index >= 15 is 0 Å². The van der Waals surface area contributed by atoms with Gasteiger partial charge in [-0.05, 0) is 90.0 Å². The molecule has 62 heavy (non-hydrogen) atoms. The summed E-state index contributed by atoms with van der Waals surface area (Å²) in [5, 5.41) is 0. The summed E-state index contributed by atoms with van der Waals surface area (Å²) in [6.45, 7) is 40.0. The van der Waals surface area contributed by atoms with Crippen LogP contribution in [-0.2, 0) is 55.1 Å². The summed E-state index contributed by atoms with van der Waals surface area (Å²) in [4.78, 5) is 0. The van der Waals surface area contributed by atoms with Crippen LogP contribution in [0.3, 0.4) is 0 Å². The number of hydrogen-bond donors (Lipinski definition) is 0. The van der Waals surface area contributed by atoms with Crippen molar-refractivity contribution in [3.63, 3.8) is 0 Å². The van der Waals surface area contributed by atoms with E-state index in [9.17, 15) is 0 Å². The molecule has 0 N–H and O–H groups in total. The highest BCUT2D eigenvalue weighted by molar-refractivity contribution is 7.64. The van der Waals surface area contributed by atoms with Gasteiger partial charge in [0.25, 0.3) is 0 Å². The van der Waals surface area contributed by atoms with Crippen molar-refractivity contribution in [3.8, 4) is 0 Å². The van der Waals surface area contributed by atoms with Gasteiger partial charge in [-0.25, -0.2) is 0 Å². The summed E-state index contributed by atoms with van der Waals surface area (Å²) in [6, 6.07) is 0. The van der Waals surface area contributed by atoms with Gasteiger partial charge in [0.2, 0.25) is 15.0 Å². The first-order chi connectivity index (χ1) is 28.8. The third kappa shape index (κ3) is 14.1. The molecule has 0 aliphatic carbocycles. The Balaban J connectivity index is 1.48. The van der Waals surface area contributed by atoms with Crippen LogP contribution in [0.2, 0.25) is 0 Å². The van der Waals surface area contributed by atoms with E-state index in [4.69, 9.17) is 66.0 Å². The molecule has 0 amide bonds. The van der Waals surface area contributed by atoms with Crippen molar-refractivity contribution in [3.05, 3.63) is 0 Å². The third-order valence-corrected chi connectivity index (χ3v) is 19.5. The highest BCUT2D eigenvalue weighted by atomic mass is 31.2. The highest BCUT2D eigenvalue weighted by Crippen LogP contribution is 2.59. The van der Waals surface area contributed by atoms with E-state index in [1.165, 1.54) is 0 Å². The van der Waals surface area contributed by atoms with Gasteiger partial charge in [0.05, 0.1) is 67.6 Å². The number of hydrogen-bond acceptors (Lipinski definition) is 14. The molecule has 0 radical (unpaired) electrons. The van der Waals surface area contributed by atoms with Gasteiger partial charge >= 0.3 is 0 Å². The van der Waals surface area contributed by atoms with E-state index in [-0.39, 0.29) is 92.8 Å². The molecular formula is C44H88N2O12P4. The van der Waals surface area contributed by atoms with Crippen molar-refractivity contribution in [1.82, 2.24) is 0 Å². The molecule has 4 aliphatic rings. The zero-order chi connectivity index (χ0) is 47.8. The van der Waals surface area contributed by atoms with Crippen molar-refractivity contribution < 1.29 is 56.5 Å². The fourth-order valence-electron chi connectivity index (χ4n) is 9.27. The van der Waals surface area contributed by atoms with Gasteiger partial charge in [-0.2, -0.15) is 0 Å². The largest absolute Gasteiger partial charge is 0.370 e. The quantitative estimate of drug-likeness (QED) is 0.107. The molecular weight excluding hydrogens is 872 g/mol. The molecule has 19 unspecified atom stereocenters. The Bertz CT molecular complexity index is 1750. The lowest BCUT2D eigenvalue weighted by molar-refractivity contribution is -0.0957. The first kappa shape index (κ1) is 53.5. The lowest BCUT2D eigenvalue weighted by Crippen LogP contribution is -2.45. The molecule has 4 saturated heterocycles. The average Bonchev–Trinajstić information content (AvgIpc) is 3.75. The summed E-state index contributed by atoms with van der Waals surface area (Å²) >= 11 is 0. The molecule has 0 aromatic carbocycles. The number of nitrogens with zero attached hydrogens (tertiary/aromatic N) is 2. The van der Waals surface area contributed by atoms with Gasteiger partial charge < -0.3 is 55.1 Å². The van der Waals surface area contributed by atoms with Crippen LogP contribution < -0.4 is 0 Å². The van der Waals surface area contributed by atoms with E-state index in [1.807, 2.05) is 95.9 Å². The van der Waals surface area contributed by atoms with Crippen LogP contribution >= 0.6 is 29.7 Å². The van der Waals surface area contributed by atoms with E-state index in [1.54, 1.807) is 0 Å². The summed E-state index contributed by atoms with van der Waals surface area (Å²) in [7, 11) is -10.7. The molecule has 0 spiro atoms. The third-order valence-electron chi connectivity index (χ3n) is 12.5. The minimum absolute atomic E-state index is 0.00229. The van der Waals surface area contributed by atoms with E-state index in [0.717, 1.165) is 6.42 Å². The van der Waals surface area contributed by atoms with E-state index < -0.39 is 58.7 Å². The van der Waals surface area contributed by atoms with E-state index in [0.29, 0.717) is 13.1 Å². The van der Waals surface area contributed by atoms with Crippen LogP contribution in [0.15, 0.2) is 9.49 Å². The molecule has 19 atom stereocenters. The Kier molecular flexibility index (Phi) is 17.8. The highest BCUT2D eigenvalue weighted by Gasteiger charge is 2.55. The Hall–Kier alpha value is 0.580. The van der Waals surface area contributed by atoms with Crippen LogP contribution in [0, 0.1) is 17.8 Å². The van der Waals surface area contributed by atoms with Gasteiger partial charge in [0, 0.05) is 65.3 Å². The van der Waals surface area contributed by atoms with Crippen LogP contribution in [-0.4, -0.2) is 150 Å². The lowest BCUT2D eigenvalue weighted by Gasteiger charge is -2.39. The monoisotopic (exact) mass is 963 g/mol. The maximum Gasteiger partial charge on any atom is 0.209 e. The predicted octanol–water partition coefficient (Wildman–Crippen LogP) is 11.2. The molecule has 0 aromatic rings. The second-order valence-corrected chi connectivity index (χ2v) is 30.2. The summed E-state index contributed by atoms with van der Waals surface area (Å²) in [5.41, 5.74) is -2.88. The topological polar surface area (TPSA) is 135 Å². The molecule has 0 saturated carbocycles. The fraction of sp³-hybridized carbons (Fsp3) is 0.955. The molecule has 14 nitrogen and oxygen atoms in total. The molecule has 366 valence electrons. The van der Waals surface area contributed by atoms with Crippen molar-refractivity contribution in [1.29, 1.82) is 0 Å². The Morgan fingerprint density at radius 2 is 1.11 bits per heavy atom. The standard InChI is InChI=1S/C44H88N2O12P4/c1-23-45-61(21,56-38-30(4)33(7)51-42(38,13)14)48-28-44(16)40(32(6)35(9)53-44)57-62(22,46-24-2)49-27-43(15)39(31(5)34(8)52-43)55-59(17,18)47-26-37-36(25-29(3)50-37)54-60(19,20)58-41(10,11)12/h29-40H,17,19,23-28H2,1-16,18,20-22H3/i13T. The van der Waals surface area contributed by atoms with Crippen molar-refractivity contribution in [2.24, 2.45) is 27.2 Å². The number of ether oxygens (including phenoxy) is 4. The first-order valence-corrected chi connectivity index (χ1v) is 31.2. The van der Waals surface area contributed by atoms with Gasteiger partial charge in [-0.15, -0.1) is 0 Å². The fourth-order valence-corrected chi connectivity index (χ4v) is 16.8. The molecule has 4 aliphatic heterocycles. The molecule has 0 aromatic heterocycles. The minimum atomic E-state index is -2.89. The van der Waals surface area contributed by atoms with E-state index in [2.05, 4.69) is 47.2 Å². The maximum absolute atomic E-state index is 8.29. The van der Waals surface area contributed by atoms with Gasteiger partial charge in [0.1, 0.15) is 44.2 Å². The summed E-state index contributed by atoms with van der Waals surface area (Å²) in [5.74, 6) is 0.0740. The zero-order valence-corrected chi connectivity index (χ0v) is 45.5. The van der Waals surface area contributed by atoms with Gasteiger partial charge in [0.15, 0.2) is 0 Å². The lowest BCUT2D eigenvalue weighted by atomic mass is 9.92. The molecule has 18 heteroatoms. The Labute approximate surface area is 379 Å². The summed E-state index contributed by atoms with van der Waals surface area (Å²) < 4.78 is 97.7. The normalized spacial score (nSPS) is 43.1. The van der Waals surface area contributed by atoms with Crippen LogP contribution in [0.5, 0.6) is 0 Å². The Morgan fingerprint density at radius 1 is 0.661 bits per heavy atom. The smallest absolute Gasteiger partial charge is 0.209 e. The molecule has 4 rings (SSSR count). The maximum atomic E-state index is 8.29. The summed E-state index contributed by atoms with van der Waals surface area (Å²) in [6.07, 6.45) is 7.48.